The number of fused-ring (bicyclic) bond motifs is 1. The van der Waals surface area contributed by atoms with Gasteiger partial charge in [-0.05, 0) is 48.4 Å². The molecule has 1 aromatic heterocycles. The Morgan fingerprint density at radius 3 is 2.50 bits per heavy atom. The molecule has 8 heteroatoms. The van der Waals surface area contributed by atoms with Gasteiger partial charge in [-0.2, -0.15) is 0 Å². The molecule has 36 heavy (non-hydrogen) atoms. The van der Waals surface area contributed by atoms with Crippen LogP contribution in [0.4, 0.5) is 0 Å². The van der Waals surface area contributed by atoms with Crippen molar-refractivity contribution in [3.8, 4) is 5.75 Å². The highest BCUT2D eigenvalue weighted by molar-refractivity contribution is 7.91. The van der Waals surface area contributed by atoms with E-state index in [9.17, 15) is 18.0 Å². The fraction of sp³-hybridized carbons (Fsp3) is 0.536. The van der Waals surface area contributed by atoms with Crippen LogP contribution >= 0.6 is 0 Å². The van der Waals surface area contributed by atoms with Crippen LogP contribution in [-0.2, 0) is 21.1 Å². The number of hydrogen-bond acceptors (Lipinski definition) is 6. The lowest BCUT2D eigenvalue weighted by atomic mass is 9.78. The Kier molecular flexibility index (Phi) is 7.03. The second-order valence-electron chi connectivity index (χ2n) is 10.7. The minimum atomic E-state index is -3.31. The van der Waals surface area contributed by atoms with Gasteiger partial charge in [0.2, 0.25) is 11.7 Å². The van der Waals surface area contributed by atoms with Gasteiger partial charge in [0.05, 0.1) is 22.8 Å². The van der Waals surface area contributed by atoms with Gasteiger partial charge in [-0.1, -0.05) is 46.8 Å². The number of Topliss-reactive ketones (excluding diaryl/α,β-unsaturated/α-hetero) is 1. The maximum Gasteiger partial charge on any atom is 0.223 e. The number of aromatic nitrogens is 1. The second-order valence-corrected chi connectivity index (χ2v) is 12.9. The van der Waals surface area contributed by atoms with E-state index < -0.39 is 15.4 Å². The molecule has 0 radical (unpaired) electrons. The molecule has 0 saturated carbocycles. The summed E-state index contributed by atoms with van der Waals surface area (Å²) >= 11 is 0. The summed E-state index contributed by atoms with van der Waals surface area (Å²) in [5, 5.41) is 0. The number of ether oxygens (including phenoxy) is 1. The maximum atomic E-state index is 13.9. The quantitative estimate of drug-likeness (QED) is 0.547. The largest absolute Gasteiger partial charge is 0.476 e. The number of carbonyl (C=O) groups excluding carboxylic acids is 2. The molecule has 1 saturated heterocycles. The van der Waals surface area contributed by atoms with E-state index in [1.54, 1.807) is 24.0 Å². The number of aryl methyl sites for hydroxylation is 2. The molecule has 2 unspecified atom stereocenters. The Bertz CT molecular complexity index is 1280. The number of amides is 1. The molecular weight excluding hydrogens is 476 g/mol. The summed E-state index contributed by atoms with van der Waals surface area (Å²) in [4.78, 5) is 33.4. The van der Waals surface area contributed by atoms with Crippen molar-refractivity contribution in [2.45, 2.75) is 70.8 Å². The molecule has 2 aliphatic rings. The zero-order chi connectivity index (χ0) is 26.4. The number of sulfone groups is 1. The minimum Gasteiger partial charge on any atom is -0.476 e. The van der Waals surface area contributed by atoms with E-state index in [-0.39, 0.29) is 53.1 Å². The van der Waals surface area contributed by atoms with Crippen molar-refractivity contribution in [3.63, 3.8) is 0 Å². The third-order valence-corrected chi connectivity index (χ3v) is 9.36. The smallest absolute Gasteiger partial charge is 0.223 e. The van der Waals surface area contributed by atoms with Crippen LogP contribution in [0.1, 0.15) is 74.1 Å². The van der Waals surface area contributed by atoms with Gasteiger partial charge < -0.3 is 9.64 Å². The van der Waals surface area contributed by atoms with Crippen molar-refractivity contribution in [1.29, 1.82) is 0 Å². The van der Waals surface area contributed by atoms with E-state index in [1.165, 1.54) is 6.20 Å². The Balaban J connectivity index is 1.53. The number of rotatable bonds is 7. The first-order valence-corrected chi connectivity index (χ1v) is 14.4. The Labute approximate surface area is 214 Å². The van der Waals surface area contributed by atoms with Gasteiger partial charge in [0.25, 0.3) is 0 Å². The summed E-state index contributed by atoms with van der Waals surface area (Å²) in [5.41, 5.74) is 2.19. The Hall–Kier alpha value is -2.74. The monoisotopic (exact) mass is 512 g/mol. The molecule has 1 aromatic carbocycles. The van der Waals surface area contributed by atoms with Crippen LogP contribution < -0.4 is 4.74 Å². The molecule has 0 aliphatic carbocycles. The van der Waals surface area contributed by atoms with Gasteiger partial charge in [0, 0.05) is 30.8 Å². The van der Waals surface area contributed by atoms with Crippen LogP contribution in [0.3, 0.4) is 0 Å². The highest BCUT2D eigenvalue weighted by atomic mass is 32.2. The van der Waals surface area contributed by atoms with Gasteiger partial charge in [-0.25, -0.2) is 8.42 Å². The third-order valence-electron chi connectivity index (χ3n) is 7.65. The molecule has 7 nitrogen and oxygen atoms in total. The molecule has 1 fully saturated rings. The summed E-state index contributed by atoms with van der Waals surface area (Å²) in [5.74, 6) is 0.879. The molecule has 2 atom stereocenters. The molecule has 2 aromatic rings. The number of carbonyl (C=O) groups is 2. The summed E-state index contributed by atoms with van der Waals surface area (Å²) in [6, 6.07) is 7.23. The lowest BCUT2D eigenvalue weighted by molar-refractivity contribution is -0.130. The second kappa shape index (κ2) is 9.61. The van der Waals surface area contributed by atoms with Crippen molar-refractivity contribution in [2.24, 2.45) is 11.8 Å². The number of hydrogen-bond donors (Lipinski definition) is 0. The summed E-state index contributed by atoms with van der Waals surface area (Å²) < 4.78 is 30.6. The number of nitrogens with zero attached hydrogens (tertiary/aromatic N) is 2. The standard InChI is InChI=1S/C28H36N2O5S/c1-7-36(33,34)21-11-9-20(29-14-21)10-13-24(31)30-15-23(18(4)5)28(16-30)27(32)25-19(6)8-12-22(17(2)3)26(25)35-28/h8-9,11-12,14,17-18,23H,7,10,13,15-16H2,1-6H3. The molecule has 0 N–H and O–H groups in total. The van der Waals surface area contributed by atoms with E-state index in [0.717, 1.165) is 11.1 Å². The molecule has 194 valence electrons. The first-order valence-electron chi connectivity index (χ1n) is 12.7. The first kappa shape index (κ1) is 26.3. The summed E-state index contributed by atoms with van der Waals surface area (Å²) in [6.45, 7) is 12.6. The molecule has 0 bridgehead atoms. The zero-order valence-corrected chi connectivity index (χ0v) is 22.8. The van der Waals surface area contributed by atoms with E-state index in [0.29, 0.717) is 30.0 Å². The lowest BCUT2D eigenvalue weighted by Gasteiger charge is -2.30. The van der Waals surface area contributed by atoms with Gasteiger partial charge in [-0.3, -0.25) is 14.6 Å². The molecule has 2 aliphatic heterocycles. The molecule has 1 spiro atoms. The predicted molar refractivity (Wildman–Crippen MR) is 138 cm³/mol. The molecular formula is C28H36N2O5S. The van der Waals surface area contributed by atoms with Crippen molar-refractivity contribution in [2.75, 3.05) is 18.8 Å². The zero-order valence-electron chi connectivity index (χ0n) is 22.0. The molecule has 3 heterocycles. The van der Waals surface area contributed by atoms with Crippen LogP contribution in [0, 0.1) is 18.8 Å². The molecule has 1 amide bonds. The minimum absolute atomic E-state index is 0.0131. The first-order chi connectivity index (χ1) is 16.9. The van der Waals surface area contributed by atoms with E-state index in [4.69, 9.17) is 4.74 Å². The number of ketones is 1. The average Bonchev–Trinajstić information content (AvgIpc) is 3.36. The normalized spacial score (nSPS) is 21.5. The lowest BCUT2D eigenvalue weighted by Crippen LogP contribution is -2.50. The van der Waals surface area contributed by atoms with E-state index in [2.05, 4.69) is 32.7 Å². The molecule has 4 rings (SSSR count). The van der Waals surface area contributed by atoms with Crippen molar-refractivity contribution in [3.05, 3.63) is 52.8 Å². The van der Waals surface area contributed by atoms with Crippen LogP contribution in [0.15, 0.2) is 35.4 Å². The van der Waals surface area contributed by atoms with Gasteiger partial charge in [0.1, 0.15) is 5.75 Å². The average molecular weight is 513 g/mol. The summed E-state index contributed by atoms with van der Waals surface area (Å²) in [6.07, 6.45) is 1.98. The highest BCUT2D eigenvalue weighted by Gasteiger charge is 2.60. The Morgan fingerprint density at radius 2 is 1.92 bits per heavy atom. The fourth-order valence-corrected chi connectivity index (χ4v) is 6.25. The number of likely N-dealkylation sites (tertiary alicyclic amines) is 1. The van der Waals surface area contributed by atoms with Gasteiger partial charge in [0.15, 0.2) is 15.4 Å². The van der Waals surface area contributed by atoms with Crippen LogP contribution in [0.5, 0.6) is 5.75 Å². The van der Waals surface area contributed by atoms with E-state index in [1.807, 2.05) is 19.1 Å². The fourth-order valence-electron chi connectivity index (χ4n) is 5.42. The highest BCUT2D eigenvalue weighted by Crippen LogP contribution is 2.49. The van der Waals surface area contributed by atoms with Crippen LogP contribution in [-0.4, -0.2) is 54.4 Å². The van der Waals surface area contributed by atoms with Crippen LogP contribution in [0.25, 0.3) is 0 Å². The SMILES string of the molecule is CCS(=O)(=O)c1ccc(CCC(=O)N2CC(C(C)C)C3(C2)Oc2c(C(C)C)ccc(C)c2C3=O)nc1. The maximum absolute atomic E-state index is 13.9. The number of benzene rings is 1. The van der Waals surface area contributed by atoms with Gasteiger partial charge in [-0.15, -0.1) is 0 Å². The predicted octanol–water partition coefficient (Wildman–Crippen LogP) is 4.37. The van der Waals surface area contributed by atoms with Gasteiger partial charge >= 0.3 is 0 Å². The van der Waals surface area contributed by atoms with Crippen LogP contribution in [0.2, 0.25) is 0 Å². The topological polar surface area (TPSA) is 93.6 Å². The van der Waals surface area contributed by atoms with Crippen molar-refractivity contribution in [1.82, 2.24) is 9.88 Å². The van der Waals surface area contributed by atoms with Crippen molar-refractivity contribution < 1.29 is 22.7 Å². The third kappa shape index (κ3) is 4.44. The Morgan fingerprint density at radius 1 is 1.19 bits per heavy atom. The number of pyridine rings is 1. The van der Waals surface area contributed by atoms with E-state index >= 15 is 0 Å². The summed E-state index contributed by atoms with van der Waals surface area (Å²) in [7, 11) is -3.31. The van der Waals surface area contributed by atoms with Crippen molar-refractivity contribution >= 4 is 21.5 Å².